The minimum absolute atomic E-state index is 0.00823. The Morgan fingerprint density at radius 2 is 2.15 bits per heavy atom. The molecule has 1 fully saturated rings. The summed E-state index contributed by atoms with van der Waals surface area (Å²) >= 11 is 7.21. The van der Waals surface area contributed by atoms with Gasteiger partial charge in [-0.05, 0) is 31.2 Å². The Bertz CT molecular complexity index is 565. The summed E-state index contributed by atoms with van der Waals surface area (Å²) in [7, 11) is 0. The van der Waals surface area contributed by atoms with Crippen LogP contribution in [0.1, 0.15) is 23.2 Å². The molecule has 1 aliphatic rings. The molecule has 0 atom stereocenters. The van der Waals surface area contributed by atoms with Crippen molar-refractivity contribution >= 4 is 29.3 Å². The van der Waals surface area contributed by atoms with E-state index in [0.717, 1.165) is 0 Å². The largest absolute Gasteiger partial charge is 0.338 e. The van der Waals surface area contributed by atoms with Crippen molar-refractivity contribution in [3.8, 4) is 6.07 Å². The van der Waals surface area contributed by atoms with Crippen molar-refractivity contribution in [1.82, 2.24) is 4.90 Å². The number of carbonyl (C=O) groups excluding carboxylic acids is 1. The van der Waals surface area contributed by atoms with E-state index >= 15 is 0 Å². The number of hydrogen-bond acceptors (Lipinski definition) is 3. The van der Waals surface area contributed by atoms with Crippen LogP contribution < -0.4 is 0 Å². The molecule has 1 aromatic carbocycles. The summed E-state index contributed by atoms with van der Waals surface area (Å²) in [5.41, 5.74) is -0.00823. The van der Waals surface area contributed by atoms with Gasteiger partial charge in [-0.15, -0.1) is 11.8 Å². The molecule has 3 nitrogen and oxygen atoms in total. The molecule has 1 aromatic rings. The SMILES string of the molecule is CSC1(C#N)CCN(C(=O)c2cccc(Cl)c2F)CC1. The van der Waals surface area contributed by atoms with E-state index in [1.54, 1.807) is 11.0 Å². The number of likely N-dealkylation sites (tertiary alicyclic amines) is 1. The third-order valence-electron chi connectivity index (χ3n) is 3.63. The van der Waals surface area contributed by atoms with E-state index in [4.69, 9.17) is 11.6 Å². The van der Waals surface area contributed by atoms with Gasteiger partial charge in [-0.3, -0.25) is 4.79 Å². The van der Waals surface area contributed by atoms with E-state index in [1.165, 1.54) is 23.9 Å². The van der Waals surface area contributed by atoms with Gasteiger partial charge in [0.15, 0.2) is 5.82 Å². The van der Waals surface area contributed by atoms with Crippen molar-refractivity contribution in [2.45, 2.75) is 17.6 Å². The highest BCUT2D eigenvalue weighted by Gasteiger charge is 2.36. The molecule has 0 radical (unpaired) electrons. The van der Waals surface area contributed by atoms with Crippen LogP contribution in [-0.4, -0.2) is 34.9 Å². The summed E-state index contributed by atoms with van der Waals surface area (Å²) in [4.78, 5) is 13.9. The number of amides is 1. The topological polar surface area (TPSA) is 44.1 Å². The van der Waals surface area contributed by atoms with Gasteiger partial charge in [0, 0.05) is 13.1 Å². The quantitative estimate of drug-likeness (QED) is 0.841. The molecular formula is C14H14ClFN2OS. The third-order valence-corrected chi connectivity index (χ3v) is 5.21. The minimum atomic E-state index is -0.679. The molecule has 0 saturated carbocycles. The monoisotopic (exact) mass is 312 g/mol. The van der Waals surface area contributed by atoms with Crippen LogP contribution in [0.2, 0.25) is 5.02 Å². The van der Waals surface area contributed by atoms with Crippen molar-refractivity contribution in [1.29, 1.82) is 5.26 Å². The highest BCUT2D eigenvalue weighted by atomic mass is 35.5. The molecule has 0 spiro atoms. The van der Waals surface area contributed by atoms with Gasteiger partial charge in [0.2, 0.25) is 0 Å². The maximum absolute atomic E-state index is 13.9. The second-order valence-electron chi connectivity index (χ2n) is 4.70. The number of benzene rings is 1. The van der Waals surface area contributed by atoms with Gasteiger partial charge in [-0.25, -0.2) is 4.39 Å². The van der Waals surface area contributed by atoms with Crippen LogP contribution in [0.15, 0.2) is 18.2 Å². The first-order valence-corrected chi connectivity index (χ1v) is 7.83. The van der Waals surface area contributed by atoms with Crippen molar-refractivity contribution in [3.63, 3.8) is 0 Å². The number of nitrogens with zero attached hydrogens (tertiary/aromatic N) is 2. The molecule has 1 heterocycles. The van der Waals surface area contributed by atoms with Crippen LogP contribution in [-0.2, 0) is 0 Å². The summed E-state index contributed by atoms with van der Waals surface area (Å²) in [6.45, 7) is 0.915. The maximum Gasteiger partial charge on any atom is 0.256 e. The molecule has 6 heteroatoms. The summed E-state index contributed by atoms with van der Waals surface area (Å²) in [5, 5.41) is 9.16. The van der Waals surface area contributed by atoms with Crippen LogP contribution in [0.4, 0.5) is 4.39 Å². The zero-order valence-corrected chi connectivity index (χ0v) is 12.6. The van der Waals surface area contributed by atoms with Crippen molar-refractivity contribution < 1.29 is 9.18 Å². The number of halogens is 2. The highest BCUT2D eigenvalue weighted by Crippen LogP contribution is 2.34. The second-order valence-corrected chi connectivity index (χ2v) is 6.30. The zero-order valence-electron chi connectivity index (χ0n) is 11.0. The Hall–Kier alpha value is -1.25. The molecule has 0 N–H and O–H groups in total. The zero-order chi connectivity index (χ0) is 14.8. The number of rotatable bonds is 2. The standard InChI is InChI=1S/C14H14ClFN2OS/c1-20-14(9-17)5-7-18(8-6-14)13(19)10-3-2-4-11(15)12(10)16/h2-4H,5-8H2,1H3. The number of nitriles is 1. The van der Waals surface area contributed by atoms with Crippen LogP contribution >= 0.6 is 23.4 Å². The molecule has 2 rings (SSSR count). The Labute approximate surface area is 126 Å². The van der Waals surface area contributed by atoms with Gasteiger partial charge in [-0.2, -0.15) is 5.26 Å². The first-order valence-electron chi connectivity index (χ1n) is 6.23. The lowest BCUT2D eigenvalue weighted by Crippen LogP contribution is -2.44. The Kier molecular flexibility index (Phi) is 4.56. The van der Waals surface area contributed by atoms with E-state index in [-0.39, 0.29) is 16.5 Å². The van der Waals surface area contributed by atoms with Crippen LogP contribution in [0.3, 0.4) is 0 Å². The lowest BCUT2D eigenvalue weighted by Gasteiger charge is -2.36. The average molecular weight is 313 g/mol. The third kappa shape index (κ3) is 2.77. The van der Waals surface area contributed by atoms with E-state index in [1.807, 2.05) is 6.26 Å². The molecule has 0 aliphatic carbocycles. The maximum atomic E-state index is 13.9. The lowest BCUT2D eigenvalue weighted by atomic mass is 9.96. The molecule has 1 aliphatic heterocycles. The van der Waals surface area contributed by atoms with Crippen molar-refractivity contribution in [2.24, 2.45) is 0 Å². The second kappa shape index (κ2) is 6.02. The van der Waals surface area contributed by atoms with Gasteiger partial charge < -0.3 is 4.90 Å². The predicted molar refractivity (Wildman–Crippen MR) is 78.4 cm³/mol. The van der Waals surface area contributed by atoms with E-state index in [9.17, 15) is 14.4 Å². The summed E-state index contributed by atoms with van der Waals surface area (Å²) in [6.07, 6.45) is 3.09. The Morgan fingerprint density at radius 1 is 1.50 bits per heavy atom. The lowest BCUT2D eigenvalue weighted by molar-refractivity contribution is 0.0712. The Morgan fingerprint density at radius 3 is 2.70 bits per heavy atom. The molecule has 20 heavy (non-hydrogen) atoms. The van der Waals surface area contributed by atoms with Crippen LogP contribution in [0, 0.1) is 17.1 Å². The first-order chi connectivity index (χ1) is 9.53. The summed E-state index contributed by atoms with van der Waals surface area (Å²) < 4.78 is 13.4. The Balaban J connectivity index is 2.13. The molecular weight excluding hydrogens is 299 g/mol. The summed E-state index contributed by atoms with van der Waals surface area (Å²) in [6, 6.07) is 6.73. The van der Waals surface area contributed by atoms with Gasteiger partial charge in [0.25, 0.3) is 5.91 Å². The molecule has 1 saturated heterocycles. The smallest absolute Gasteiger partial charge is 0.256 e. The normalized spacial score (nSPS) is 17.6. The van der Waals surface area contributed by atoms with Crippen molar-refractivity contribution in [2.75, 3.05) is 19.3 Å². The minimum Gasteiger partial charge on any atom is -0.338 e. The van der Waals surface area contributed by atoms with Gasteiger partial charge >= 0.3 is 0 Å². The fourth-order valence-electron chi connectivity index (χ4n) is 2.27. The van der Waals surface area contributed by atoms with Gasteiger partial charge in [0.1, 0.15) is 4.75 Å². The fraction of sp³-hybridized carbons (Fsp3) is 0.429. The van der Waals surface area contributed by atoms with E-state index in [0.29, 0.717) is 25.9 Å². The average Bonchev–Trinajstić information content (AvgIpc) is 2.49. The number of carbonyl (C=O) groups is 1. The molecule has 106 valence electrons. The molecule has 1 amide bonds. The van der Waals surface area contributed by atoms with E-state index < -0.39 is 10.6 Å². The molecule has 0 bridgehead atoms. The molecule has 0 aromatic heterocycles. The summed E-state index contributed by atoms with van der Waals surface area (Å²) in [5.74, 6) is -1.04. The fourth-order valence-corrected chi connectivity index (χ4v) is 3.13. The van der Waals surface area contributed by atoms with Crippen LogP contribution in [0.5, 0.6) is 0 Å². The highest BCUT2D eigenvalue weighted by molar-refractivity contribution is 8.00. The van der Waals surface area contributed by atoms with Gasteiger partial charge in [-0.1, -0.05) is 17.7 Å². The molecule has 0 unspecified atom stereocenters. The first kappa shape index (κ1) is 15.1. The van der Waals surface area contributed by atoms with Gasteiger partial charge in [0.05, 0.1) is 16.7 Å². The number of thioether (sulfide) groups is 1. The number of piperidine rings is 1. The number of hydrogen-bond donors (Lipinski definition) is 0. The van der Waals surface area contributed by atoms with E-state index in [2.05, 4.69) is 6.07 Å². The van der Waals surface area contributed by atoms with Crippen LogP contribution in [0.25, 0.3) is 0 Å². The predicted octanol–water partition coefficient (Wildman–Crippen LogP) is 3.34. The van der Waals surface area contributed by atoms with Crippen molar-refractivity contribution in [3.05, 3.63) is 34.6 Å².